The Labute approximate surface area is 51.1 Å². The van der Waals surface area contributed by atoms with Crippen molar-refractivity contribution in [3.05, 3.63) is 12.3 Å². The van der Waals surface area contributed by atoms with Crippen molar-refractivity contribution in [3.63, 3.8) is 0 Å². The molecule has 0 radical (unpaired) electrons. The summed E-state index contributed by atoms with van der Waals surface area (Å²) in [7, 11) is 0. The van der Waals surface area contributed by atoms with E-state index >= 15 is 0 Å². The monoisotopic (exact) mass is 111 g/mol. The van der Waals surface area contributed by atoms with Gasteiger partial charge in [0.1, 0.15) is 0 Å². The summed E-state index contributed by atoms with van der Waals surface area (Å²) >= 11 is 0. The van der Waals surface area contributed by atoms with Gasteiger partial charge in [-0.2, -0.15) is 0 Å². The first kappa shape index (κ1) is 7.41. The van der Waals surface area contributed by atoms with Crippen LogP contribution in [-0.2, 0) is 0 Å². The van der Waals surface area contributed by atoms with Crippen LogP contribution >= 0.6 is 0 Å². The van der Waals surface area contributed by atoms with Crippen LogP contribution in [0.25, 0.3) is 0 Å². The summed E-state index contributed by atoms with van der Waals surface area (Å²) in [6, 6.07) is 0. The van der Waals surface area contributed by atoms with Gasteiger partial charge in [-0.3, -0.25) is 4.99 Å². The van der Waals surface area contributed by atoms with E-state index in [1.54, 1.807) is 6.20 Å². The molecule has 0 rings (SSSR count). The molecule has 0 saturated heterocycles. The van der Waals surface area contributed by atoms with E-state index in [-0.39, 0.29) is 0 Å². The van der Waals surface area contributed by atoms with Gasteiger partial charge >= 0.3 is 0 Å². The largest absolute Gasteiger partial charge is 0.273 e. The van der Waals surface area contributed by atoms with Gasteiger partial charge in [-0.25, -0.2) is 0 Å². The van der Waals surface area contributed by atoms with Gasteiger partial charge in [0.2, 0.25) is 0 Å². The molecular weight excluding hydrogens is 98.1 g/mol. The van der Waals surface area contributed by atoms with Crippen molar-refractivity contribution in [3.8, 4) is 0 Å². The molecule has 46 valence electrons. The van der Waals surface area contributed by atoms with Gasteiger partial charge < -0.3 is 0 Å². The molecular formula is C7H13N. The van der Waals surface area contributed by atoms with E-state index in [4.69, 9.17) is 0 Å². The highest BCUT2D eigenvalue weighted by atomic mass is 14.6. The smallest absolute Gasteiger partial charge is 0.0220 e. The maximum Gasteiger partial charge on any atom is 0.0220 e. The topological polar surface area (TPSA) is 12.4 Å². The lowest BCUT2D eigenvalue weighted by Crippen LogP contribution is -1.64. The highest BCUT2D eigenvalue weighted by Crippen LogP contribution is 1.93. The third kappa shape index (κ3) is 5.41. The van der Waals surface area contributed by atoms with Crippen LogP contribution in [0.5, 0.6) is 0 Å². The Morgan fingerprint density at radius 2 is 2.38 bits per heavy atom. The number of rotatable bonds is 4. The fourth-order valence-corrected chi connectivity index (χ4v) is 0.471. The van der Waals surface area contributed by atoms with Crippen molar-refractivity contribution in [2.45, 2.75) is 26.2 Å². The van der Waals surface area contributed by atoms with Crippen LogP contribution in [0.15, 0.2) is 17.3 Å². The van der Waals surface area contributed by atoms with E-state index in [2.05, 4.69) is 18.6 Å². The van der Waals surface area contributed by atoms with Crippen LogP contribution in [-0.4, -0.2) is 6.72 Å². The van der Waals surface area contributed by atoms with E-state index in [1.807, 2.05) is 6.08 Å². The highest BCUT2D eigenvalue weighted by Gasteiger charge is 1.74. The molecule has 1 nitrogen and oxygen atoms in total. The third-order valence-corrected chi connectivity index (χ3v) is 0.935. The van der Waals surface area contributed by atoms with Crippen LogP contribution < -0.4 is 0 Å². The van der Waals surface area contributed by atoms with Gasteiger partial charge in [-0.1, -0.05) is 25.8 Å². The number of aliphatic imine (C=N–C) groups is 1. The Balaban J connectivity index is 2.91. The van der Waals surface area contributed by atoms with Crippen LogP contribution in [0.2, 0.25) is 0 Å². The minimum Gasteiger partial charge on any atom is -0.273 e. The lowest BCUT2D eigenvalue weighted by atomic mass is 10.2. The molecule has 0 amide bonds. The third-order valence-electron chi connectivity index (χ3n) is 0.935. The molecule has 0 aliphatic heterocycles. The van der Waals surface area contributed by atoms with Crippen molar-refractivity contribution >= 4 is 6.72 Å². The molecule has 0 aliphatic carbocycles. The zero-order valence-electron chi connectivity index (χ0n) is 5.43. The first-order valence-electron chi connectivity index (χ1n) is 3.02. The van der Waals surface area contributed by atoms with Crippen LogP contribution in [0.4, 0.5) is 0 Å². The number of hydrogen-bond donors (Lipinski definition) is 0. The molecule has 0 bridgehead atoms. The predicted octanol–water partition coefficient (Wildman–Crippen LogP) is 2.39. The molecule has 0 heterocycles. The number of hydrogen-bond acceptors (Lipinski definition) is 1. The van der Waals surface area contributed by atoms with Gasteiger partial charge in [0.25, 0.3) is 0 Å². The fraction of sp³-hybridized carbons (Fsp3) is 0.571. The Morgan fingerprint density at radius 1 is 1.62 bits per heavy atom. The molecule has 0 atom stereocenters. The molecule has 0 aromatic heterocycles. The Kier molecular flexibility index (Phi) is 5.94. The molecule has 1 heteroatoms. The first-order valence-corrected chi connectivity index (χ1v) is 3.02. The summed E-state index contributed by atoms with van der Waals surface area (Å²) in [6.07, 6.45) is 7.43. The predicted molar refractivity (Wildman–Crippen MR) is 38.2 cm³/mol. The molecule has 0 unspecified atom stereocenters. The average molecular weight is 111 g/mol. The molecule has 0 aromatic rings. The van der Waals surface area contributed by atoms with Crippen molar-refractivity contribution in [2.24, 2.45) is 4.99 Å². The second kappa shape index (κ2) is 6.41. The zero-order chi connectivity index (χ0) is 6.24. The van der Waals surface area contributed by atoms with Crippen molar-refractivity contribution in [1.29, 1.82) is 0 Å². The molecule has 8 heavy (non-hydrogen) atoms. The molecule has 0 aliphatic rings. The molecule has 0 saturated carbocycles. The van der Waals surface area contributed by atoms with Crippen molar-refractivity contribution in [2.75, 3.05) is 0 Å². The van der Waals surface area contributed by atoms with Gasteiger partial charge in [0, 0.05) is 6.20 Å². The number of allylic oxidation sites excluding steroid dienone is 1. The van der Waals surface area contributed by atoms with E-state index in [9.17, 15) is 0 Å². The molecule has 0 spiro atoms. The summed E-state index contributed by atoms with van der Waals surface area (Å²) in [5.41, 5.74) is 0. The van der Waals surface area contributed by atoms with E-state index in [1.165, 1.54) is 12.8 Å². The van der Waals surface area contributed by atoms with Gasteiger partial charge in [-0.15, -0.1) is 0 Å². The summed E-state index contributed by atoms with van der Waals surface area (Å²) in [6.45, 7) is 5.50. The number of unbranched alkanes of at least 4 members (excludes halogenated alkanes) is 2. The quantitative estimate of drug-likeness (QED) is 0.390. The Morgan fingerprint density at radius 3 is 2.88 bits per heavy atom. The highest BCUT2D eigenvalue weighted by molar-refractivity contribution is 5.25. The van der Waals surface area contributed by atoms with Crippen LogP contribution in [0.3, 0.4) is 0 Å². The summed E-state index contributed by atoms with van der Waals surface area (Å²) < 4.78 is 0. The van der Waals surface area contributed by atoms with Crippen LogP contribution in [0, 0.1) is 0 Å². The molecule has 0 aromatic carbocycles. The van der Waals surface area contributed by atoms with Crippen LogP contribution in [0.1, 0.15) is 26.2 Å². The average Bonchev–Trinajstić information content (AvgIpc) is 1.81. The summed E-state index contributed by atoms with van der Waals surface area (Å²) in [5.74, 6) is 0. The molecule has 0 N–H and O–H groups in total. The maximum atomic E-state index is 3.58. The maximum absolute atomic E-state index is 3.58. The van der Waals surface area contributed by atoms with Gasteiger partial charge in [0.15, 0.2) is 0 Å². The summed E-state index contributed by atoms with van der Waals surface area (Å²) in [4.78, 5) is 3.58. The van der Waals surface area contributed by atoms with Crippen molar-refractivity contribution < 1.29 is 0 Å². The first-order chi connectivity index (χ1) is 3.91. The Hall–Kier alpha value is -0.590. The second-order valence-electron chi connectivity index (χ2n) is 1.71. The van der Waals surface area contributed by atoms with Crippen molar-refractivity contribution in [1.82, 2.24) is 0 Å². The lowest BCUT2D eigenvalue weighted by molar-refractivity contribution is 0.814. The van der Waals surface area contributed by atoms with E-state index in [0.717, 1.165) is 6.42 Å². The van der Waals surface area contributed by atoms with Gasteiger partial charge in [-0.05, 0) is 13.1 Å². The minimum atomic E-state index is 1.13. The van der Waals surface area contributed by atoms with E-state index < -0.39 is 0 Å². The molecule has 0 fully saturated rings. The minimum absolute atomic E-state index is 1.13. The second-order valence-corrected chi connectivity index (χ2v) is 1.71. The Bertz CT molecular complexity index is 74.5. The standard InChI is InChI=1S/C7H13N/c1-3-4-5-6-7-8-2/h6-7H,2-5H2,1H3/b7-6-. The lowest BCUT2D eigenvalue weighted by Gasteiger charge is -1.84. The van der Waals surface area contributed by atoms with Gasteiger partial charge in [0.05, 0.1) is 0 Å². The van der Waals surface area contributed by atoms with E-state index in [0.29, 0.717) is 0 Å². The SMILES string of the molecule is C=N/C=C\CCCC. The zero-order valence-corrected chi connectivity index (χ0v) is 5.43. The number of nitrogens with zero attached hydrogens (tertiary/aromatic N) is 1. The fourth-order valence-electron chi connectivity index (χ4n) is 0.471. The normalized spacial score (nSPS) is 10.1. The summed E-state index contributed by atoms with van der Waals surface area (Å²) in [5, 5.41) is 0.